The molecule has 2 saturated heterocycles. The second-order valence-electron chi connectivity index (χ2n) is 5.76. The lowest BCUT2D eigenvalue weighted by Gasteiger charge is -2.34. The number of rotatable bonds is 4. The Balaban J connectivity index is 1.83. The molecule has 1 atom stereocenters. The number of carbonyl (C=O) groups is 1. The van der Waals surface area contributed by atoms with Crippen LogP contribution in [-0.2, 0) is 19.0 Å². The Hall–Kier alpha value is -0.690. The minimum absolute atomic E-state index is 0.00612. The molecular formula is C13H24N2O4. The average molecular weight is 272 g/mol. The molecule has 0 aromatic carbocycles. The van der Waals surface area contributed by atoms with Gasteiger partial charge in [-0.3, -0.25) is 4.79 Å². The molecule has 0 spiro atoms. The van der Waals surface area contributed by atoms with Crippen molar-refractivity contribution in [2.45, 2.75) is 38.6 Å². The number of hydrogen-bond donors (Lipinski definition) is 2. The second-order valence-corrected chi connectivity index (χ2v) is 5.76. The Bertz CT molecular complexity index is 327. The molecule has 2 fully saturated rings. The van der Waals surface area contributed by atoms with Crippen LogP contribution >= 0.6 is 0 Å². The fourth-order valence-corrected chi connectivity index (χ4v) is 2.54. The molecule has 0 radical (unpaired) electrons. The van der Waals surface area contributed by atoms with Gasteiger partial charge in [-0.05, 0) is 26.7 Å². The molecule has 2 rings (SSSR count). The highest BCUT2D eigenvalue weighted by Gasteiger charge is 2.39. The van der Waals surface area contributed by atoms with Crippen LogP contribution < -0.4 is 11.1 Å². The minimum Gasteiger partial charge on any atom is -0.381 e. The molecule has 1 amide bonds. The largest absolute Gasteiger partial charge is 0.381 e. The van der Waals surface area contributed by atoms with E-state index >= 15 is 0 Å². The Kier molecular flexibility index (Phi) is 4.45. The predicted molar refractivity (Wildman–Crippen MR) is 69.5 cm³/mol. The topological polar surface area (TPSA) is 82.8 Å². The molecule has 0 saturated carbocycles. The van der Waals surface area contributed by atoms with Gasteiger partial charge < -0.3 is 25.3 Å². The van der Waals surface area contributed by atoms with Gasteiger partial charge in [0.15, 0.2) is 5.79 Å². The molecule has 2 aliphatic rings. The Morgan fingerprint density at radius 3 is 2.58 bits per heavy atom. The summed E-state index contributed by atoms with van der Waals surface area (Å²) in [5.74, 6) is -0.550. The molecule has 110 valence electrons. The van der Waals surface area contributed by atoms with Crippen molar-refractivity contribution in [3.63, 3.8) is 0 Å². The lowest BCUT2D eigenvalue weighted by Crippen LogP contribution is -2.50. The van der Waals surface area contributed by atoms with E-state index in [1.807, 2.05) is 13.8 Å². The maximum absolute atomic E-state index is 12.3. The predicted octanol–water partition coefficient (Wildman–Crippen LogP) is 0.00960. The molecule has 2 heterocycles. The summed E-state index contributed by atoms with van der Waals surface area (Å²) in [5, 5.41) is 2.94. The average Bonchev–Trinajstić information content (AvgIpc) is 2.76. The minimum atomic E-state index is -0.556. The van der Waals surface area contributed by atoms with Crippen LogP contribution in [0.4, 0.5) is 0 Å². The highest BCUT2D eigenvalue weighted by atomic mass is 16.7. The number of ether oxygens (including phenoxy) is 3. The second kappa shape index (κ2) is 5.75. The highest BCUT2D eigenvalue weighted by Crippen LogP contribution is 2.29. The van der Waals surface area contributed by atoms with Crippen molar-refractivity contribution in [1.82, 2.24) is 5.32 Å². The quantitative estimate of drug-likeness (QED) is 0.753. The van der Waals surface area contributed by atoms with Crippen LogP contribution in [0.15, 0.2) is 0 Å². The molecule has 0 bridgehead atoms. The van der Waals surface area contributed by atoms with Crippen LogP contribution in [0.3, 0.4) is 0 Å². The molecule has 0 aliphatic carbocycles. The molecule has 3 N–H and O–H groups in total. The van der Waals surface area contributed by atoms with Gasteiger partial charge in [0.25, 0.3) is 0 Å². The van der Waals surface area contributed by atoms with Crippen molar-refractivity contribution in [1.29, 1.82) is 0 Å². The molecule has 6 nitrogen and oxygen atoms in total. The van der Waals surface area contributed by atoms with Crippen molar-refractivity contribution in [2.75, 3.05) is 32.9 Å². The summed E-state index contributed by atoms with van der Waals surface area (Å²) in [6.45, 7) is 6.26. The van der Waals surface area contributed by atoms with Crippen LogP contribution in [0.5, 0.6) is 0 Å². The van der Waals surface area contributed by atoms with Gasteiger partial charge in [0.2, 0.25) is 5.91 Å². The standard InChI is InChI=1S/C13H24N2O4/c1-12(2)18-8-10(19-12)7-15-11(16)13(9-14)3-5-17-6-4-13/h10H,3-9,14H2,1-2H3,(H,15,16). The summed E-state index contributed by atoms with van der Waals surface area (Å²) in [4.78, 5) is 12.3. The van der Waals surface area contributed by atoms with E-state index in [0.29, 0.717) is 45.8 Å². The van der Waals surface area contributed by atoms with Gasteiger partial charge in [0, 0.05) is 26.3 Å². The zero-order chi connectivity index (χ0) is 13.9. The molecule has 0 aromatic heterocycles. The van der Waals surface area contributed by atoms with Gasteiger partial charge in [-0.25, -0.2) is 0 Å². The van der Waals surface area contributed by atoms with Crippen molar-refractivity contribution >= 4 is 5.91 Å². The summed E-state index contributed by atoms with van der Waals surface area (Å²) >= 11 is 0. The summed E-state index contributed by atoms with van der Waals surface area (Å²) in [6, 6.07) is 0. The number of carbonyl (C=O) groups excluding carboxylic acids is 1. The van der Waals surface area contributed by atoms with Crippen LogP contribution in [0.2, 0.25) is 0 Å². The fourth-order valence-electron chi connectivity index (χ4n) is 2.54. The first kappa shape index (κ1) is 14.7. The van der Waals surface area contributed by atoms with Gasteiger partial charge >= 0.3 is 0 Å². The first-order valence-corrected chi connectivity index (χ1v) is 6.85. The SMILES string of the molecule is CC1(C)OCC(CNC(=O)C2(CN)CCOCC2)O1. The van der Waals surface area contributed by atoms with E-state index in [2.05, 4.69) is 5.32 Å². The first-order chi connectivity index (χ1) is 8.97. The lowest BCUT2D eigenvalue weighted by atomic mass is 9.79. The smallest absolute Gasteiger partial charge is 0.227 e. The molecule has 0 aromatic rings. The monoisotopic (exact) mass is 272 g/mol. The summed E-state index contributed by atoms with van der Waals surface area (Å²) < 4.78 is 16.4. The van der Waals surface area contributed by atoms with Gasteiger partial charge in [-0.15, -0.1) is 0 Å². The van der Waals surface area contributed by atoms with Crippen molar-refractivity contribution in [3.05, 3.63) is 0 Å². The van der Waals surface area contributed by atoms with Crippen LogP contribution in [0.25, 0.3) is 0 Å². The molecule has 19 heavy (non-hydrogen) atoms. The van der Waals surface area contributed by atoms with E-state index in [4.69, 9.17) is 19.9 Å². The normalized spacial score (nSPS) is 29.1. The lowest BCUT2D eigenvalue weighted by molar-refractivity contribution is -0.143. The third-order valence-electron chi connectivity index (χ3n) is 3.88. The number of nitrogens with two attached hydrogens (primary N) is 1. The number of amides is 1. The fraction of sp³-hybridized carbons (Fsp3) is 0.923. The first-order valence-electron chi connectivity index (χ1n) is 6.85. The third-order valence-corrected chi connectivity index (χ3v) is 3.88. The van der Waals surface area contributed by atoms with E-state index in [0.717, 1.165) is 0 Å². The van der Waals surface area contributed by atoms with E-state index in [1.165, 1.54) is 0 Å². The maximum atomic E-state index is 12.3. The van der Waals surface area contributed by atoms with Crippen LogP contribution in [-0.4, -0.2) is 50.7 Å². The van der Waals surface area contributed by atoms with E-state index in [9.17, 15) is 4.79 Å². The van der Waals surface area contributed by atoms with Gasteiger partial charge in [0.05, 0.1) is 12.0 Å². The van der Waals surface area contributed by atoms with Crippen LogP contribution in [0.1, 0.15) is 26.7 Å². The molecule has 6 heteroatoms. The van der Waals surface area contributed by atoms with Crippen molar-refractivity contribution in [2.24, 2.45) is 11.1 Å². The van der Waals surface area contributed by atoms with Gasteiger partial charge in [-0.1, -0.05) is 0 Å². The zero-order valence-electron chi connectivity index (χ0n) is 11.7. The van der Waals surface area contributed by atoms with E-state index in [-0.39, 0.29) is 12.0 Å². The molecule has 1 unspecified atom stereocenters. The maximum Gasteiger partial charge on any atom is 0.227 e. The highest BCUT2D eigenvalue weighted by molar-refractivity contribution is 5.83. The van der Waals surface area contributed by atoms with Crippen molar-refractivity contribution < 1.29 is 19.0 Å². The molecular weight excluding hydrogens is 248 g/mol. The Morgan fingerprint density at radius 1 is 1.37 bits per heavy atom. The van der Waals surface area contributed by atoms with E-state index in [1.54, 1.807) is 0 Å². The zero-order valence-corrected chi connectivity index (χ0v) is 11.7. The van der Waals surface area contributed by atoms with Crippen LogP contribution in [0, 0.1) is 5.41 Å². The van der Waals surface area contributed by atoms with Gasteiger partial charge in [0.1, 0.15) is 6.10 Å². The summed E-state index contributed by atoms with van der Waals surface area (Å²) in [5.41, 5.74) is 5.31. The Morgan fingerprint density at radius 2 is 2.05 bits per heavy atom. The van der Waals surface area contributed by atoms with Gasteiger partial charge in [-0.2, -0.15) is 0 Å². The van der Waals surface area contributed by atoms with E-state index < -0.39 is 11.2 Å². The molecule has 2 aliphatic heterocycles. The number of hydrogen-bond acceptors (Lipinski definition) is 5. The third kappa shape index (κ3) is 3.45. The van der Waals surface area contributed by atoms with Crippen molar-refractivity contribution in [3.8, 4) is 0 Å². The summed E-state index contributed by atoms with van der Waals surface area (Å²) in [7, 11) is 0. The Labute approximate surface area is 113 Å². The summed E-state index contributed by atoms with van der Waals surface area (Å²) in [6.07, 6.45) is 1.28. The number of nitrogens with one attached hydrogen (secondary N) is 1.